The van der Waals surface area contributed by atoms with Gasteiger partial charge in [0.25, 0.3) is 5.91 Å². The van der Waals surface area contributed by atoms with Crippen LogP contribution in [0.1, 0.15) is 37.0 Å². The molecular weight excluding hydrogens is 370 g/mol. The van der Waals surface area contributed by atoms with E-state index in [1.807, 2.05) is 31.2 Å². The summed E-state index contributed by atoms with van der Waals surface area (Å²) in [4.78, 5) is 14.9. The molecule has 6 heteroatoms. The minimum atomic E-state index is -0.261. The average molecular weight is 398 g/mol. The maximum atomic E-state index is 12.5. The van der Waals surface area contributed by atoms with E-state index in [4.69, 9.17) is 17.0 Å². The number of anilines is 2. The lowest BCUT2D eigenvalue weighted by molar-refractivity contribution is 0.0977. The van der Waals surface area contributed by atoms with E-state index in [1.54, 1.807) is 18.2 Å². The number of ether oxygens (including phenoxy) is 1. The summed E-state index contributed by atoms with van der Waals surface area (Å²) >= 11 is 5.38. The quantitative estimate of drug-likeness (QED) is 0.730. The molecule has 0 atom stereocenters. The predicted octanol–water partition coefficient (Wildman–Crippen LogP) is 4.45. The number of nitrogens with zero attached hydrogens (tertiary/aromatic N) is 1. The average Bonchev–Trinajstić information content (AvgIpc) is 2.69. The molecule has 0 spiro atoms. The highest BCUT2D eigenvalue weighted by molar-refractivity contribution is 7.80. The zero-order chi connectivity index (χ0) is 19.9. The van der Waals surface area contributed by atoms with E-state index in [0.717, 1.165) is 30.4 Å². The molecular formula is C22H27N3O2S. The molecule has 1 saturated heterocycles. The fourth-order valence-electron chi connectivity index (χ4n) is 3.33. The van der Waals surface area contributed by atoms with Gasteiger partial charge in [-0.15, -0.1) is 0 Å². The summed E-state index contributed by atoms with van der Waals surface area (Å²) in [6, 6.07) is 15.1. The summed E-state index contributed by atoms with van der Waals surface area (Å²) < 4.78 is 5.45. The molecule has 1 aliphatic rings. The monoisotopic (exact) mass is 397 g/mol. The number of amides is 1. The molecule has 28 heavy (non-hydrogen) atoms. The van der Waals surface area contributed by atoms with E-state index in [0.29, 0.717) is 17.9 Å². The number of carbonyl (C=O) groups is 1. The van der Waals surface area contributed by atoms with Crippen LogP contribution in [-0.4, -0.2) is 30.7 Å². The lowest BCUT2D eigenvalue weighted by Gasteiger charge is -2.33. The van der Waals surface area contributed by atoms with Crippen LogP contribution >= 0.6 is 12.2 Å². The Labute approximate surface area is 172 Å². The molecule has 0 aromatic heterocycles. The second-order valence-electron chi connectivity index (χ2n) is 7.06. The van der Waals surface area contributed by atoms with Crippen molar-refractivity contribution in [2.45, 2.75) is 26.7 Å². The van der Waals surface area contributed by atoms with Crippen molar-refractivity contribution >= 4 is 34.6 Å². The first-order chi connectivity index (χ1) is 13.6. The number of nitrogens with one attached hydrogen (secondary N) is 2. The van der Waals surface area contributed by atoms with Crippen LogP contribution in [0, 0.1) is 5.92 Å². The Morgan fingerprint density at radius 2 is 1.93 bits per heavy atom. The zero-order valence-corrected chi connectivity index (χ0v) is 17.2. The molecule has 0 radical (unpaired) electrons. The van der Waals surface area contributed by atoms with E-state index in [-0.39, 0.29) is 11.0 Å². The normalized spacial score (nSPS) is 14.4. The SMILES string of the molecule is CCOc1cccc(C(=O)NC(=S)Nc2ccccc2N2CCC(C)CC2)c1. The lowest BCUT2D eigenvalue weighted by Crippen LogP contribution is -2.36. The summed E-state index contributed by atoms with van der Waals surface area (Å²) in [7, 11) is 0. The summed E-state index contributed by atoms with van der Waals surface area (Å²) in [5.74, 6) is 1.17. The summed E-state index contributed by atoms with van der Waals surface area (Å²) in [6.07, 6.45) is 2.37. The molecule has 2 aromatic rings. The molecule has 2 aromatic carbocycles. The van der Waals surface area contributed by atoms with E-state index < -0.39 is 0 Å². The lowest BCUT2D eigenvalue weighted by atomic mass is 9.98. The largest absolute Gasteiger partial charge is 0.494 e. The van der Waals surface area contributed by atoms with Gasteiger partial charge in [0.15, 0.2) is 5.11 Å². The zero-order valence-electron chi connectivity index (χ0n) is 16.4. The Morgan fingerprint density at radius 3 is 2.68 bits per heavy atom. The Morgan fingerprint density at radius 1 is 1.18 bits per heavy atom. The fraction of sp³-hybridized carbons (Fsp3) is 0.364. The predicted molar refractivity (Wildman–Crippen MR) is 118 cm³/mol. The first-order valence-electron chi connectivity index (χ1n) is 9.76. The number of carbonyl (C=O) groups excluding carboxylic acids is 1. The van der Waals surface area contributed by atoms with Gasteiger partial charge >= 0.3 is 0 Å². The number of thiocarbonyl (C=S) groups is 1. The van der Waals surface area contributed by atoms with Crippen molar-refractivity contribution < 1.29 is 9.53 Å². The van der Waals surface area contributed by atoms with E-state index in [1.165, 1.54) is 12.8 Å². The molecule has 0 bridgehead atoms. The van der Waals surface area contributed by atoms with Gasteiger partial charge in [0.1, 0.15) is 5.75 Å². The maximum absolute atomic E-state index is 12.5. The maximum Gasteiger partial charge on any atom is 0.257 e. The molecule has 148 valence electrons. The van der Waals surface area contributed by atoms with Gasteiger partial charge < -0.3 is 15.0 Å². The minimum Gasteiger partial charge on any atom is -0.494 e. The van der Waals surface area contributed by atoms with Crippen molar-refractivity contribution in [2.24, 2.45) is 5.92 Å². The van der Waals surface area contributed by atoms with Gasteiger partial charge in [-0.05, 0) is 68.2 Å². The van der Waals surface area contributed by atoms with Crippen molar-refractivity contribution in [3.63, 3.8) is 0 Å². The van der Waals surface area contributed by atoms with Crippen molar-refractivity contribution in [1.29, 1.82) is 0 Å². The van der Waals surface area contributed by atoms with Crippen LogP contribution in [0.4, 0.5) is 11.4 Å². The fourth-order valence-corrected chi connectivity index (χ4v) is 3.53. The molecule has 0 unspecified atom stereocenters. The highest BCUT2D eigenvalue weighted by atomic mass is 32.1. The van der Waals surface area contributed by atoms with Crippen LogP contribution in [0.3, 0.4) is 0 Å². The molecule has 1 heterocycles. The van der Waals surface area contributed by atoms with Gasteiger partial charge in [0, 0.05) is 18.7 Å². The number of hydrogen-bond acceptors (Lipinski definition) is 4. The second kappa shape index (κ2) is 9.55. The van der Waals surface area contributed by atoms with Gasteiger partial charge in [0.2, 0.25) is 0 Å². The van der Waals surface area contributed by atoms with Crippen LogP contribution < -0.4 is 20.3 Å². The van der Waals surface area contributed by atoms with Gasteiger partial charge in [-0.25, -0.2) is 0 Å². The van der Waals surface area contributed by atoms with E-state index >= 15 is 0 Å². The number of para-hydroxylation sites is 2. The van der Waals surface area contributed by atoms with Crippen LogP contribution in [0.15, 0.2) is 48.5 Å². The van der Waals surface area contributed by atoms with Crippen molar-refractivity contribution in [2.75, 3.05) is 29.9 Å². The summed E-state index contributed by atoms with van der Waals surface area (Å²) in [5, 5.41) is 6.23. The third kappa shape index (κ3) is 5.23. The first kappa shape index (κ1) is 20.1. The number of benzene rings is 2. The van der Waals surface area contributed by atoms with Crippen LogP contribution in [-0.2, 0) is 0 Å². The summed E-state index contributed by atoms with van der Waals surface area (Å²) in [5.41, 5.74) is 2.53. The van der Waals surface area contributed by atoms with Gasteiger partial charge in [-0.1, -0.05) is 25.1 Å². The number of piperidine rings is 1. The standard InChI is InChI=1S/C22H27N3O2S/c1-3-27-18-8-6-7-17(15-18)21(26)24-22(28)23-19-9-4-5-10-20(19)25-13-11-16(2)12-14-25/h4-10,15-16H,3,11-14H2,1-2H3,(H2,23,24,26,28). The first-order valence-corrected chi connectivity index (χ1v) is 10.2. The van der Waals surface area contributed by atoms with Crippen molar-refractivity contribution in [3.8, 4) is 5.75 Å². The minimum absolute atomic E-state index is 0.261. The summed E-state index contributed by atoms with van der Waals surface area (Å²) in [6.45, 7) is 6.82. The van der Waals surface area contributed by atoms with Gasteiger partial charge in [-0.2, -0.15) is 0 Å². The second-order valence-corrected chi connectivity index (χ2v) is 7.46. The van der Waals surface area contributed by atoms with Crippen molar-refractivity contribution in [1.82, 2.24) is 5.32 Å². The van der Waals surface area contributed by atoms with Crippen LogP contribution in [0.5, 0.6) is 5.75 Å². The van der Waals surface area contributed by atoms with E-state index in [9.17, 15) is 4.79 Å². The smallest absolute Gasteiger partial charge is 0.257 e. The van der Waals surface area contributed by atoms with Gasteiger partial charge in [-0.3, -0.25) is 10.1 Å². The molecule has 1 fully saturated rings. The van der Waals surface area contributed by atoms with Crippen LogP contribution in [0.25, 0.3) is 0 Å². The number of rotatable bonds is 5. The molecule has 2 N–H and O–H groups in total. The highest BCUT2D eigenvalue weighted by Gasteiger charge is 2.19. The topological polar surface area (TPSA) is 53.6 Å². The molecule has 5 nitrogen and oxygen atoms in total. The third-order valence-corrected chi connectivity index (χ3v) is 5.11. The Hall–Kier alpha value is -2.60. The molecule has 3 rings (SSSR count). The number of hydrogen-bond donors (Lipinski definition) is 2. The molecule has 0 aliphatic carbocycles. The van der Waals surface area contributed by atoms with Gasteiger partial charge in [0.05, 0.1) is 18.0 Å². The Balaban J connectivity index is 1.65. The Kier molecular flexibility index (Phi) is 6.87. The third-order valence-electron chi connectivity index (χ3n) is 4.91. The highest BCUT2D eigenvalue weighted by Crippen LogP contribution is 2.29. The molecule has 1 amide bonds. The van der Waals surface area contributed by atoms with E-state index in [2.05, 4.69) is 28.5 Å². The van der Waals surface area contributed by atoms with Crippen LogP contribution in [0.2, 0.25) is 0 Å². The molecule has 1 aliphatic heterocycles. The molecule has 0 saturated carbocycles. The Bertz CT molecular complexity index is 832. The van der Waals surface area contributed by atoms with Crippen molar-refractivity contribution in [3.05, 3.63) is 54.1 Å².